The number of amides is 2. The van der Waals surface area contributed by atoms with Gasteiger partial charge in [-0.1, -0.05) is 11.6 Å². The van der Waals surface area contributed by atoms with E-state index in [9.17, 15) is 9.59 Å². The van der Waals surface area contributed by atoms with Crippen molar-refractivity contribution < 1.29 is 14.3 Å². The standard InChI is InChI=1S/C18H20ClN5O3/c1-12(25)23-5-7-24(8-6-23)17(26)13-10-20-18(21-11-13)22-14-3-4-16(27-2)15(19)9-14/h3-4,9-11H,5-8H2,1-2H3,(H,20,21,22). The summed E-state index contributed by atoms with van der Waals surface area (Å²) in [7, 11) is 1.55. The molecule has 2 heterocycles. The number of aromatic nitrogens is 2. The second kappa shape index (κ2) is 8.22. The molecule has 0 saturated carbocycles. The minimum absolute atomic E-state index is 0.0273. The van der Waals surface area contributed by atoms with Crippen LogP contribution in [0, 0.1) is 0 Å². The van der Waals surface area contributed by atoms with Crippen LogP contribution in [-0.2, 0) is 4.79 Å². The molecule has 2 aromatic rings. The van der Waals surface area contributed by atoms with E-state index >= 15 is 0 Å². The van der Waals surface area contributed by atoms with Gasteiger partial charge in [0.15, 0.2) is 0 Å². The first-order chi connectivity index (χ1) is 13.0. The topological polar surface area (TPSA) is 87.7 Å². The number of halogens is 1. The van der Waals surface area contributed by atoms with E-state index in [4.69, 9.17) is 16.3 Å². The fraction of sp³-hybridized carbons (Fsp3) is 0.333. The number of nitrogens with zero attached hydrogens (tertiary/aromatic N) is 4. The fourth-order valence-corrected chi connectivity index (χ4v) is 3.04. The number of methoxy groups -OCH3 is 1. The summed E-state index contributed by atoms with van der Waals surface area (Å²) >= 11 is 6.10. The first-order valence-electron chi connectivity index (χ1n) is 8.45. The third-order valence-electron chi connectivity index (χ3n) is 4.32. The Labute approximate surface area is 162 Å². The van der Waals surface area contributed by atoms with E-state index in [0.29, 0.717) is 54.2 Å². The molecule has 0 atom stereocenters. The average molecular weight is 390 g/mol. The zero-order valence-electron chi connectivity index (χ0n) is 15.1. The Morgan fingerprint density at radius 1 is 1.11 bits per heavy atom. The molecule has 9 heteroatoms. The van der Waals surface area contributed by atoms with Gasteiger partial charge in [-0.05, 0) is 18.2 Å². The lowest BCUT2D eigenvalue weighted by Crippen LogP contribution is -2.50. The van der Waals surface area contributed by atoms with Crippen LogP contribution in [0.4, 0.5) is 11.6 Å². The summed E-state index contributed by atoms with van der Waals surface area (Å²) in [5.41, 5.74) is 1.12. The molecular formula is C18H20ClN5O3. The van der Waals surface area contributed by atoms with Crippen LogP contribution in [0.5, 0.6) is 5.75 Å². The molecule has 1 aromatic heterocycles. The molecule has 1 aromatic carbocycles. The molecule has 1 fully saturated rings. The van der Waals surface area contributed by atoms with Crippen LogP contribution >= 0.6 is 11.6 Å². The van der Waals surface area contributed by atoms with Crippen LogP contribution < -0.4 is 10.1 Å². The molecule has 0 bridgehead atoms. The second-order valence-electron chi connectivity index (χ2n) is 6.07. The third kappa shape index (κ3) is 4.46. The van der Waals surface area contributed by atoms with Crippen LogP contribution in [0.2, 0.25) is 5.02 Å². The predicted molar refractivity (Wildman–Crippen MR) is 101 cm³/mol. The number of hydrogen-bond acceptors (Lipinski definition) is 6. The van der Waals surface area contributed by atoms with Crippen LogP contribution in [0.3, 0.4) is 0 Å². The maximum atomic E-state index is 12.6. The molecular weight excluding hydrogens is 370 g/mol. The monoisotopic (exact) mass is 389 g/mol. The molecule has 0 radical (unpaired) electrons. The highest BCUT2D eigenvalue weighted by Crippen LogP contribution is 2.28. The van der Waals surface area contributed by atoms with E-state index in [-0.39, 0.29) is 11.8 Å². The molecule has 1 saturated heterocycles. The van der Waals surface area contributed by atoms with Gasteiger partial charge in [-0.15, -0.1) is 0 Å². The van der Waals surface area contributed by atoms with Gasteiger partial charge in [-0.3, -0.25) is 9.59 Å². The maximum absolute atomic E-state index is 12.6. The Morgan fingerprint density at radius 3 is 2.30 bits per heavy atom. The molecule has 0 aliphatic carbocycles. The lowest BCUT2D eigenvalue weighted by atomic mass is 10.2. The van der Waals surface area contributed by atoms with Crippen molar-refractivity contribution in [3.05, 3.63) is 41.2 Å². The molecule has 0 spiro atoms. The Balaban J connectivity index is 1.62. The maximum Gasteiger partial charge on any atom is 0.257 e. The summed E-state index contributed by atoms with van der Waals surface area (Å²) in [6, 6.07) is 5.24. The van der Waals surface area contributed by atoms with Crippen molar-refractivity contribution in [2.75, 3.05) is 38.6 Å². The van der Waals surface area contributed by atoms with Crippen LogP contribution in [0.25, 0.3) is 0 Å². The first-order valence-corrected chi connectivity index (χ1v) is 8.83. The second-order valence-corrected chi connectivity index (χ2v) is 6.48. The van der Waals surface area contributed by atoms with Gasteiger partial charge in [0, 0.05) is 51.2 Å². The molecule has 1 N–H and O–H groups in total. The van der Waals surface area contributed by atoms with Gasteiger partial charge in [0.2, 0.25) is 11.9 Å². The Hall–Kier alpha value is -2.87. The Kier molecular flexibility index (Phi) is 5.75. The number of nitrogens with one attached hydrogen (secondary N) is 1. The zero-order valence-corrected chi connectivity index (χ0v) is 15.9. The number of carbonyl (C=O) groups is 2. The molecule has 1 aliphatic heterocycles. The summed E-state index contributed by atoms with van der Waals surface area (Å²) in [4.78, 5) is 35.7. The van der Waals surface area contributed by atoms with Gasteiger partial charge in [0.25, 0.3) is 5.91 Å². The van der Waals surface area contributed by atoms with E-state index in [2.05, 4.69) is 15.3 Å². The lowest BCUT2D eigenvalue weighted by Gasteiger charge is -2.34. The van der Waals surface area contributed by atoms with Crippen molar-refractivity contribution >= 4 is 35.1 Å². The van der Waals surface area contributed by atoms with Crippen LogP contribution in [0.1, 0.15) is 17.3 Å². The van der Waals surface area contributed by atoms with E-state index in [1.54, 1.807) is 35.1 Å². The summed E-state index contributed by atoms with van der Waals surface area (Å²) in [6.45, 7) is 3.62. The Bertz CT molecular complexity index is 835. The van der Waals surface area contributed by atoms with Gasteiger partial charge in [0.1, 0.15) is 5.75 Å². The molecule has 142 valence electrons. The number of anilines is 2. The molecule has 2 amide bonds. The molecule has 3 rings (SSSR count). The molecule has 27 heavy (non-hydrogen) atoms. The SMILES string of the molecule is COc1ccc(Nc2ncc(C(=O)N3CCN(C(C)=O)CC3)cn2)cc1Cl. The third-order valence-corrected chi connectivity index (χ3v) is 4.61. The quantitative estimate of drug-likeness (QED) is 0.862. The Morgan fingerprint density at radius 2 is 1.74 bits per heavy atom. The number of carbonyl (C=O) groups excluding carboxylic acids is 2. The van der Waals surface area contributed by atoms with Gasteiger partial charge < -0.3 is 19.9 Å². The number of piperazine rings is 1. The fourth-order valence-electron chi connectivity index (χ4n) is 2.78. The van der Waals surface area contributed by atoms with E-state index < -0.39 is 0 Å². The highest BCUT2D eigenvalue weighted by molar-refractivity contribution is 6.32. The number of benzene rings is 1. The van der Waals surface area contributed by atoms with Crippen molar-refractivity contribution in [2.24, 2.45) is 0 Å². The van der Waals surface area contributed by atoms with E-state index in [0.717, 1.165) is 0 Å². The van der Waals surface area contributed by atoms with Crippen molar-refractivity contribution in [3.63, 3.8) is 0 Å². The normalized spacial score (nSPS) is 14.0. The van der Waals surface area contributed by atoms with Gasteiger partial charge in [0.05, 0.1) is 17.7 Å². The summed E-state index contributed by atoms with van der Waals surface area (Å²) in [6.07, 6.45) is 2.97. The first kappa shape index (κ1) is 18.9. The molecule has 1 aliphatic rings. The predicted octanol–water partition coefficient (Wildman–Crippen LogP) is 2.19. The lowest BCUT2D eigenvalue weighted by molar-refractivity contribution is -0.130. The van der Waals surface area contributed by atoms with E-state index in [1.165, 1.54) is 19.3 Å². The van der Waals surface area contributed by atoms with Crippen LogP contribution in [-0.4, -0.2) is 64.9 Å². The zero-order chi connectivity index (χ0) is 19.4. The van der Waals surface area contributed by atoms with Crippen molar-refractivity contribution in [3.8, 4) is 5.75 Å². The average Bonchev–Trinajstić information content (AvgIpc) is 2.68. The number of hydrogen-bond donors (Lipinski definition) is 1. The summed E-state index contributed by atoms with van der Waals surface area (Å²) in [5, 5.41) is 3.50. The largest absolute Gasteiger partial charge is 0.495 e. The minimum Gasteiger partial charge on any atom is -0.495 e. The molecule has 8 nitrogen and oxygen atoms in total. The van der Waals surface area contributed by atoms with Gasteiger partial charge >= 0.3 is 0 Å². The summed E-state index contributed by atoms with van der Waals surface area (Å²) < 4.78 is 5.11. The molecule has 0 unspecified atom stereocenters. The van der Waals surface area contributed by atoms with E-state index in [1.807, 2.05) is 0 Å². The highest BCUT2D eigenvalue weighted by Gasteiger charge is 2.23. The smallest absolute Gasteiger partial charge is 0.257 e. The highest BCUT2D eigenvalue weighted by atomic mass is 35.5. The van der Waals surface area contributed by atoms with Crippen LogP contribution in [0.15, 0.2) is 30.6 Å². The number of ether oxygens (including phenoxy) is 1. The van der Waals surface area contributed by atoms with Crippen molar-refractivity contribution in [1.29, 1.82) is 0 Å². The van der Waals surface area contributed by atoms with Crippen molar-refractivity contribution in [1.82, 2.24) is 19.8 Å². The number of rotatable bonds is 4. The van der Waals surface area contributed by atoms with Gasteiger partial charge in [-0.25, -0.2) is 9.97 Å². The van der Waals surface area contributed by atoms with Gasteiger partial charge in [-0.2, -0.15) is 0 Å². The van der Waals surface area contributed by atoms with Crippen molar-refractivity contribution in [2.45, 2.75) is 6.92 Å². The summed E-state index contributed by atoms with van der Waals surface area (Å²) in [5.74, 6) is 0.819. The minimum atomic E-state index is -0.141.